The normalized spacial score (nSPS) is 16.0. The van der Waals surface area contributed by atoms with E-state index in [2.05, 4.69) is 42.0 Å². The van der Waals surface area contributed by atoms with Gasteiger partial charge in [0, 0.05) is 11.4 Å². The van der Waals surface area contributed by atoms with E-state index < -0.39 is 0 Å². The maximum absolute atomic E-state index is 3.54. The van der Waals surface area contributed by atoms with Crippen molar-refractivity contribution in [2.24, 2.45) is 5.92 Å². The summed E-state index contributed by atoms with van der Waals surface area (Å²) in [7, 11) is 0. The van der Waals surface area contributed by atoms with Gasteiger partial charge >= 0.3 is 0 Å². The summed E-state index contributed by atoms with van der Waals surface area (Å²) in [6.07, 6.45) is 3.86. The van der Waals surface area contributed by atoms with Crippen molar-refractivity contribution >= 4 is 15.9 Å². The molecule has 0 heterocycles. The van der Waals surface area contributed by atoms with Crippen molar-refractivity contribution in [3.05, 3.63) is 0 Å². The molecule has 0 spiro atoms. The highest BCUT2D eigenvalue weighted by Gasteiger charge is 2.03. The van der Waals surface area contributed by atoms with Gasteiger partial charge in [-0.3, -0.25) is 0 Å². The lowest BCUT2D eigenvalue weighted by molar-refractivity contribution is 0.434. The van der Waals surface area contributed by atoms with Crippen LogP contribution in [-0.4, -0.2) is 17.9 Å². The van der Waals surface area contributed by atoms with E-state index >= 15 is 0 Å². The smallest absolute Gasteiger partial charge is 0.00467 e. The van der Waals surface area contributed by atoms with Gasteiger partial charge in [0.2, 0.25) is 0 Å². The number of hydrogen-bond donors (Lipinski definition) is 1. The third kappa shape index (κ3) is 7.11. The van der Waals surface area contributed by atoms with Gasteiger partial charge in [0.25, 0.3) is 0 Å². The fraction of sp³-hybridized carbons (Fsp3) is 1.00. The van der Waals surface area contributed by atoms with Crippen molar-refractivity contribution in [1.82, 2.24) is 5.32 Å². The predicted octanol–water partition coefficient (Wildman–Crippen LogP) is 3.19. The van der Waals surface area contributed by atoms with Gasteiger partial charge in [-0.2, -0.15) is 0 Å². The van der Waals surface area contributed by atoms with Crippen molar-refractivity contribution < 1.29 is 0 Å². The Hall–Kier alpha value is 0.440. The standard InChI is InChI=1S/C10H22BrN/c1-4-5-9(2)8-12-10(3)6-7-11/h9-10,12H,4-8H2,1-3H3. The fourth-order valence-electron chi connectivity index (χ4n) is 1.26. The van der Waals surface area contributed by atoms with E-state index in [1.165, 1.54) is 25.8 Å². The highest BCUT2D eigenvalue weighted by atomic mass is 79.9. The summed E-state index contributed by atoms with van der Waals surface area (Å²) in [5, 5.41) is 4.64. The molecule has 0 saturated heterocycles. The number of alkyl halides is 1. The van der Waals surface area contributed by atoms with E-state index in [0.29, 0.717) is 6.04 Å². The van der Waals surface area contributed by atoms with Crippen LogP contribution < -0.4 is 5.32 Å². The second-order valence-corrected chi connectivity index (χ2v) is 4.47. The van der Waals surface area contributed by atoms with Gasteiger partial charge in [0.05, 0.1) is 0 Å². The van der Waals surface area contributed by atoms with Gasteiger partial charge in [-0.15, -0.1) is 0 Å². The molecule has 0 radical (unpaired) electrons. The van der Waals surface area contributed by atoms with Crippen LogP contribution in [0.25, 0.3) is 0 Å². The Morgan fingerprint density at radius 1 is 1.25 bits per heavy atom. The quantitative estimate of drug-likeness (QED) is 0.669. The topological polar surface area (TPSA) is 12.0 Å². The van der Waals surface area contributed by atoms with Crippen LogP contribution >= 0.6 is 15.9 Å². The molecule has 0 aromatic rings. The van der Waals surface area contributed by atoms with Crippen LogP contribution in [0.1, 0.15) is 40.0 Å². The van der Waals surface area contributed by atoms with Gasteiger partial charge in [0.15, 0.2) is 0 Å². The molecule has 0 saturated carbocycles. The molecule has 2 unspecified atom stereocenters. The summed E-state index contributed by atoms with van der Waals surface area (Å²) in [5.41, 5.74) is 0. The minimum Gasteiger partial charge on any atom is -0.314 e. The first kappa shape index (κ1) is 12.4. The van der Waals surface area contributed by atoms with Crippen molar-refractivity contribution in [1.29, 1.82) is 0 Å². The lowest BCUT2D eigenvalue weighted by atomic mass is 10.1. The zero-order valence-electron chi connectivity index (χ0n) is 8.57. The minimum absolute atomic E-state index is 0.656. The molecule has 0 aliphatic rings. The van der Waals surface area contributed by atoms with Crippen LogP contribution in [-0.2, 0) is 0 Å². The summed E-state index contributed by atoms with van der Waals surface area (Å²) < 4.78 is 0. The van der Waals surface area contributed by atoms with Crippen molar-refractivity contribution in [3.8, 4) is 0 Å². The van der Waals surface area contributed by atoms with Gasteiger partial charge < -0.3 is 5.32 Å². The Labute approximate surface area is 85.4 Å². The number of halogens is 1. The summed E-state index contributed by atoms with van der Waals surface area (Å²) in [6.45, 7) is 7.98. The number of rotatable bonds is 7. The van der Waals surface area contributed by atoms with Crippen LogP contribution in [0.4, 0.5) is 0 Å². The third-order valence-corrected chi connectivity index (χ3v) is 2.60. The van der Waals surface area contributed by atoms with Gasteiger partial charge in [-0.05, 0) is 32.2 Å². The molecule has 2 atom stereocenters. The SMILES string of the molecule is CCCC(C)CNC(C)CCBr. The second kappa shape index (κ2) is 8.06. The molecule has 0 rings (SSSR count). The molecule has 1 nitrogen and oxygen atoms in total. The van der Waals surface area contributed by atoms with Crippen molar-refractivity contribution in [2.45, 2.75) is 46.1 Å². The Morgan fingerprint density at radius 2 is 1.92 bits per heavy atom. The van der Waals surface area contributed by atoms with Gasteiger partial charge in [-0.25, -0.2) is 0 Å². The van der Waals surface area contributed by atoms with Crippen LogP contribution in [0.3, 0.4) is 0 Å². The zero-order chi connectivity index (χ0) is 9.40. The fourth-order valence-corrected chi connectivity index (χ4v) is 1.95. The monoisotopic (exact) mass is 235 g/mol. The van der Waals surface area contributed by atoms with E-state index in [0.717, 1.165) is 11.2 Å². The first-order valence-electron chi connectivity index (χ1n) is 5.00. The van der Waals surface area contributed by atoms with Crippen molar-refractivity contribution in [3.63, 3.8) is 0 Å². The van der Waals surface area contributed by atoms with Crippen LogP contribution in [0, 0.1) is 5.92 Å². The molecule has 74 valence electrons. The first-order valence-corrected chi connectivity index (χ1v) is 6.12. The Kier molecular flexibility index (Phi) is 8.35. The van der Waals surface area contributed by atoms with Crippen LogP contribution in [0.15, 0.2) is 0 Å². The average Bonchev–Trinajstić information content (AvgIpc) is 2.02. The Morgan fingerprint density at radius 3 is 2.42 bits per heavy atom. The Bertz CT molecular complexity index is 83.8. The molecule has 0 aliphatic heterocycles. The predicted molar refractivity (Wildman–Crippen MR) is 59.9 cm³/mol. The van der Waals surface area contributed by atoms with Crippen LogP contribution in [0.5, 0.6) is 0 Å². The molecule has 0 amide bonds. The highest BCUT2D eigenvalue weighted by molar-refractivity contribution is 9.09. The van der Waals surface area contributed by atoms with Crippen molar-refractivity contribution in [2.75, 3.05) is 11.9 Å². The largest absolute Gasteiger partial charge is 0.314 e. The first-order chi connectivity index (χ1) is 5.70. The number of nitrogens with one attached hydrogen (secondary N) is 1. The highest BCUT2D eigenvalue weighted by Crippen LogP contribution is 2.04. The molecule has 0 aliphatic carbocycles. The van der Waals surface area contributed by atoms with E-state index in [9.17, 15) is 0 Å². The van der Waals surface area contributed by atoms with E-state index in [4.69, 9.17) is 0 Å². The maximum atomic E-state index is 3.54. The lowest BCUT2D eigenvalue weighted by Crippen LogP contribution is -2.30. The molecular formula is C10H22BrN. The zero-order valence-corrected chi connectivity index (χ0v) is 10.2. The van der Waals surface area contributed by atoms with Gasteiger partial charge in [-0.1, -0.05) is 36.2 Å². The number of hydrogen-bond acceptors (Lipinski definition) is 1. The molecule has 0 bridgehead atoms. The maximum Gasteiger partial charge on any atom is 0.00467 e. The molecular weight excluding hydrogens is 214 g/mol. The molecule has 2 heteroatoms. The molecule has 0 aromatic carbocycles. The van der Waals surface area contributed by atoms with E-state index in [1.807, 2.05) is 0 Å². The summed E-state index contributed by atoms with van der Waals surface area (Å²) >= 11 is 3.45. The summed E-state index contributed by atoms with van der Waals surface area (Å²) in [6, 6.07) is 0.656. The average molecular weight is 236 g/mol. The minimum atomic E-state index is 0.656. The molecule has 0 aromatic heterocycles. The summed E-state index contributed by atoms with van der Waals surface area (Å²) in [4.78, 5) is 0. The molecule has 0 fully saturated rings. The van der Waals surface area contributed by atoms with E-state index in [1.54, 1.807) is 0 Å². The summed E-state index contributed by atoms with van der Waals surface area (Å²) in [5.74, 6) is 0.827. The van der Waals surface area contributed by atoms with Crippen LogP contribution in [0.2, 0.25) is 0 Å². The third-order valence-electron chi connectivity index (χ3n) is 2.14. The molecule has 12 heavy (non-hydrogen) atoms. The lowest BCUT2D eigenvalue weighted by Gasteiger charge is -2.16. The van der Waals surface area contributed by atoms with E-state index in [-0.39, 0.29) is 0 Å². The van der Waals surface area contributed by atoms with Gasteiger partial charge in [0.1, 0.15) is 0 Å². The molecule has 1 N–H and O–H groups in total. The second-order valence-electron chi connectivity index (χ2n) is 3.68. The Balaban J connectivity index is 3.27.